The quantitative estimate of drug-likeness (QED) is 0.614. The summed E-state index contributed by atoms with van der Waals surface area (Å²) in [6, 6.07) is 1.57. The SMILES string of the molecule is CC1C(C=S)C(OS(C)(=O)=O)c2ccsc2S1(=O)=O. The second kappa shape index (κ2) is 4.88. The Balaban J connectivity index is 2.63. The molecule has 0 fully saturated rings. The van der Waals surface area contributed by atoms with Gasteiger partial charge in [-0.05, 0) is 23.7 Å². The van der Waals surface area contributed by atoms with E-state index >= 15 is 0 Å². The summed E-state index contributed by atoms with van der Waals surface area (Å²) in [6.45, 7) is 1.52. The van der Waals surface area contributed by atoms with Crippen LogP contribution in [0.2, 0.25) is 0 Å². The molecule has 19 heavy (non-hydrogen) atoms. The molecule has 1 aliphatic heterocycles. The summed E-state index contributed by atoms with van der Waals surface area (Å²) in [4.78, 5) is 0. The van der Waals surface area contributed by atoms with Crippen molar-refractivity contribution in [2.24, 2.45) is 5.92 Å². The third kappa shape index (κ3) is 2.62. The number of fused-ring (bicyclic) bond motifs is 1. The second-order valence-corrected chi connectivity index (χ2v) is 9.64. The molecule has 2 heterocycles. The molecule has 0 saturated heterocycles. The minimum atomic E-state index is -3.70. The fourth-order valence-electron chi connectivity index (χ4n) is 2.06. The Kier molecular flexibility index (Phi) is 3.87. The van der Waals surface area contributed by atoms with Crippen molar-refractivity contribution in [3.8, 4) is 0 Å². The van der Waals surface area contributed by atoms with Gasteiger partial charge in [-0.2, -0.15) is 8.42 Å². The molecule has 3 atom stereocenters. The minimum absolute atomic E-state index is 0.168. The summed E-state index contributed by atoms with van der Waals surface area (Å²) in [5.41, 5.74) is 0.375. The largest absolute Gasteiger partial charge is 0.264 e. The highest BCUT2D eigenvalue weighted by atomic mass is 32.2. The molecule has 0 amide bonds. The molecule has 0 N–H and O–H groups in total. The molecule has 1 aromatic heterocycles. The van der Waals surface area contributed by atoms with Crippen molar-refractivity contribution in [3.63, 3.8) is 0 Å². The summed E-state index contributed by atoms with van der Waals surface area (Å²) in [5.74, 6) is -0.670. The van der Waals surface area contributed by atoms with Crippen molar-refractivity contribution in [1.82, 2.24) is 0 Å². The zero-order chi connectivity index (χ0) is 14.4. The highest BCUT2D eigenvalue weighted by Crippen LogP contribution is 2.44. The number of hydrogen-bond donors (Lipinski definition) is 0. The molecular formula is C10H12O5S4. The van der Waals surface area contributed by atoms with Crippen LogP contribution in [0.15, 0.2) is 15.7 Å². The number of thiocarbonyl (C=S) groups is 1. The molecule has 3 unspecified atom stereocenters. The van der Waals surface area contributed by atoms with E-state index in [1.165, 1.54) is 12.3 Å². The topological polar surface area (TPSA) is 77.5 Å². The average molecular weight is 340 g/mol. The maximum absolute atomic E-state index is 12.3. The van der Waals surface area contributed by atoms with Gasteiger partial charge in [-0.25, -0.2) is 8.42 Å². The van der Waals surface area contributed by atoms with Crippen LogP contribution in [0.5, 0.6) is 0 Å². The van der Waals surface area contributed by atoms with Crippen LogP contribution in [0.1, 0.15) is 18.6 Å². The first kappa shape index (κ1) is 15.0. The molecule has 9 heteroatoms. The summed E-state index contributed by atoms with van der Waals surface area (Å²) in [6.07, 6.45) is 0.0695. The molecule has 106 valence electrons. The molecule has 0 saturated carbocycles. The maximum atomic E-state index is 12.3. The molecule has 5 nitrogen and oxygen atoms in total. The predicted octanol–water partition coefficient (Wildman–Crippen LogP) is 1.56. The van der Waals surface area contributed by atoms with E-state index in [0.29, 0.717) is 5.56 Å². The first-order valence-corrected chi connectivity index (χ1v) is 10.0. The average Bonchev–Trinajstić information content (AvgIpc) is 2.74. The van der Waals surface area contributed by atoms with Crippen LogP contribution in [0.3, 0.4) is 0 Å². The van der Waals surface area contributed by atoms with Gasteiger partial charge in [-0.15, -0.1) is 11.3 Å². The lowest BCUT2D eigenvalue weighted by Gasteiger charge is -2.32. The molecule has 0 bridgehead atoms. The van der Waals surface area contributed by atoms with Gasteiger partial charge in [0, 0.05) is 11.5 Å². The van der Waals surface area contributed by atoms with E-state index in [-0.39, 0.29) is 4.21 Å². The van der Waals surface area contributed by atoms with Crippen LogP contribution in [0.25, 0.3) is 0 Å². The Morgan fingerprint density at radius 1 is 1.47 bits per heavy atom. The van der Waals surface area contributed by atoms with Crippen molar-refractivity contribution >= 4 is 48.9 Å². The molecule has 0 aliphatic carbocycles. The summed E-state index contributed by atoms with van der Waals surface area (Å²) in [5, 5.41) is 2.08. The summed E-state index contributed by atoms with van der Waals surface area (Å²) in [7, 11) is -7.19. The molecule has 1 aliphatic rings. The van der Waals surface area contributed by atoms with Gasteiger partial charge < -0.3 is 0 Å². The van der Waals surface area contributed by atoms with Crippen LogP contribution >= 0.6 is 23.6 Å². The van der Waals surface area contributed by atoms with E-state index in [9.17, 15) is 16.8 Å². The van der Waals surface area contributed by atoms with Crippen LogP contribution in [-0.4, -0.2) is 33.7 Å². The van der Waals surface area contributed by atoms with Crippen LogP contribution < -0.4 is 0 Å². The number of thiophene rings is 1. The highest BCUT2D eigenvalue weighted by molar-refractivity contribution is 7.94. The second-order valence-electron chi connectivity index (χ2n) is 4.35. The molecule has 0 spiro atoms. The highest BCUT2D eigenvalue weighted by Gasteiger charge is 2.45. The van der Waals surface area contributed by atoms with Gasteiger partial charge in [0.1, 0.15) is 10.3 Å². The lowest BCUT2D eigenvalue weighted by atomic mass is 9.96. The first-order valence-electron chi connectivity index (χ1n) is 5.33. The standard InChI is InChI=1S/C10H12O5S4/c1-6-8(5-16)9(15-18(2,11)12)7-3-4-17-10(7)19(6,13)14/h3-6,8-9H,1-2H3. The van der Waals surface area contributed by atoms with Crippen molar-refractivity contribution in [1.29, 1.82) is 0 Å². The third-order valence-electron chi connectivity index (χ3n) is 3.04. The zero-order valence-corrected chi connectivity index (χ0v) is 13.4. The molecule has 0 radical (unpaired) electrons. The van der Waals surface area contributed by atoms with Gasteiger partial charge >= 0.3 is 0 Å². The van der Waals surface area contributed by atoms with Gasteiger partial charge in [-0.3, -0.25) is 4.18 Å². The maximum Gasteiger partial charge on any atom is 0.264 e. The van der Waals surface area contributed by atoms with Crippen molar-refractivity contribution in [2.45, 2.75) is 22.5 Å². The van der Waals surface area contributed by atoms with E-state index in [2.05, 4.69) is 0 Å². The predicted molar refractivity (Wildman–Crippen MR) is 76.8 cm³/mol. The van der Waals surface area contributed by atoms with E-state index < -0.39 is 37.2 Å². The Hall–Kier alpha value is -0.350. The lowest BCUT2D eigenvalue weighted by molar-refractivity contribution is 0.172. The molecule has 0 aromatic carbocycles. The Morgan fingerprint density at radius 2 is 2.11 bits per heavy atom. The van der Waals surface area contributed by atoms with Crippen LogP contribution in [0, 0.1) is 5.92 Å². The smallest absolute Gasteiger partial charge is 0.261 e. The minimum Gasteiger partial charge on any atom is -0.261 e. The fourth-order valence-corrected chi connectivity index (χ4v) is 6.45. The van der Waals surface area contributed by atoms with Gasteiger partial charge in [0.25, 0.3) is 10.1 Å². The van der Waals surface area contributed by atoms with Crippen LogP contribution in [-0.2, 0) is 24.1 Å². The normalized spacial score (nSPS) is 29.7. The van der Waals surface area contributed by atoms with E-state index in [4.69, 9.17) is 16.4 Å². The summed E-state index contributed by atoms with van der Waals surface area (Å²) < 4.78 is 52.5. The van der Waals surface area contributed by atoms with Gasteiger partial charge in [0.15, 0.2) is 9.84 Å². The number of rotatable bonds is 3. The Bertz CT molecular complexity index is 700. The number of hydrogen-bond acceptors (Lipinski definition) is 7. The van der Waals surface area contributed by atoms with E-state index in [1.807, 2.05) is 0 Å². The van der Waals surface area contributed by atoms with Crippen LogP contribution in [0.4, 0.5) is 0 Å². The van der Waals surface area contributed by atoms with Crippen molar-refractivity contribution in [2.75, 3.05) is 6.26 Å². The van der Waals surface area contributed by atoms with Gasteiger partial charge in [0.05, 0.1) is 11.5 Å². The monoisotopic (exact) mass is 340 g/mol. The number of sulfone groups is 1. The molecule has 1 aromatic rings. The van der Waals surface area contributed by atoms with Crippen molar-refractivity contribution < 1.29 is 21.0 Å². The Labute approximate surface area is 121 Å². The van der Waals surface area contributed by atoms with Gasteiger partial charge in [0.2, 0.25) is 0 Å². The lowest BCUT2D eigenvalue weighted by Crippen LogP contribution is -2.38. The van der Waals surface area contributed by atoms with E-state index in [1.54, 1.807) is 11.4 Å². The first-order chi connectivity index (χ1) is 8.68. The Morgan fingerprint density at radius 3 is 2.63 bits per heavy atom. The summed E-state index contributed by atoms with van der Waals surface area (Å²) >= 11 is 5.93. The van der Waals surface area contributed by atoms with Gasteiger partial charge in [-0.1, -0.05) is 12.2 Å². The molecular weight excluding hydrogens is 328 g/mol. The third-order valence-corrected chi connectivity index (χ3v) is 7.66. The zero-order valence-electron chi connectivity index (χ0n) is 10.1. The van der Waals surface area contributed by atoms with E-state index in [0.717, 1.165) is 17.6 Å². The fraction of sp³-hybridized carbons (Fsp3) is 0.500. The van der Waals surface area contributed by atoms with Crippen molar-refractivity contribution in [3.05, 3.63) is 17.0 Å². The molecule has 2 rings (SSSR count).